The van der Waals surface area contributed by atoms with Crippen LogP contribution in [0.25, 0.3) is 0 Å². The van der Waals surface area contributed by atoms with Crippen molar-refractivity contribution in [3.63, 3.8) is 0 Å². The van der Waals surface area contributed by atoms with E-state index in [1.165, 1.54) is 6.47 Å². The van der Waals surface area contributed by atoms with Gasteiger partial charge in [-0.25, -0.2) is 4.79 Å². The Bertz CT molecular complexity index is 44.3. The molecular formula is C3H5Cl2O2Zn. The van der Waals surface area contributed by atoms with Gasteiger partial charge in [-0.05, 0) is 6.92 Å². The number of carbonyl (C=O) groups excluding carboxylic acids is 1. The van der Waals surface area contributed by atoms with E-state index in [9.17, 15) is 0 Å². The van der Waals surface area contributed by atoms with E-state index in [1.807, 2.05) is 0 Å². The zero-order valence-electron chi connectivity index (χ0n) is 4.49. The zero-order chi connectivity index (χ0) is 6.83. The molecule has 0 aliphatic heterocycles. The van der Waals surface area contributed by atoms with Crippen LogP contribution in [0.5, 0.6) is 0 Å². The average molecular weight is 209 g/mol. The normalized spacial score (nSPS) is 5.38. The first kappa shape index (κ1) is 11.5. The molecule has 0 N–H and O–H groups in total. The Kier molecular flexibility index (Phi) is 22.4. The molecule has 0 saturated heterocycles. The molecule has 5 heteroatoms. The first-order chi connectivity index (χ1) is 3.83. The third-order valence-electron chi connectivity index (χ3n) is 0.203. The standard InChI is InChI=1S/C3H5O2.2ClH.Zn/c1-2-5-3-4;;;/h2H2,1H3;2*1H;/q;;;+2/p-2. The Morgan fingerprint density at radius 3 is 2.12 bits per heavy atom. The fourth-order valence-electron chi connectivity index (χ4n) is 0.0589. The van der Waals surface area contributed by atoms with E-state index in [4.69, 9.17) is 24.2 Å². The van der Waals surface area contributed by atoms with E-state index in [1.54, 1.807) is 6.92 Å². The molecule has 0 bridgehead atoms. The van der Waals surface area contributed by atoms with Crippen molar-refractivity contribution in [2.45, 2.75) is 6.92 Å². The summed E-state index contributed by atoms with van der Waals surface area (Å²) in [6.45, 7) is 3.41. The van der Waals surface area contributed by atoms with Crippen LogP contribution in [0.3, 0.4) is 0 Å². The van der Waals surface area contributed by atoms with Crippen molar-refractivity contribution in [3.05, 3.63) is 0 Å². The fourth-order valence-corrected chi connectivity index (χ4v) is 0.0589. The summed E-state index contributed by atoms with van der Waals surface area (Å²) in [6.07, 6.45) is 0. The minimum absolute atomic E-state index is 0.420. The topological polar surface area (TPSA) is 26.3 Å². The van der Waals surface area contributed by atoms with Gasteiger partial charge in [0.1, 0.15) is 0 Å². The molecular weight excluding hydrogens is 204 g/mol. The Balaban J connectivity index is 0. The maximum atomic E-state index is 9.06. The van der Waals surface area contributed by atoms with Crippen LogP contribution in [0.1, 0.15) is 6.92 Å². The minimum atomic E-state index is -0.931. The van der Waals surface area contributed by atoms with Gasteiger partial charge in [0.15, 0.2) is 0 Å². The molecule has 0 aromatic heterocycles. The van der Waals surface area contributed by atoms with Crippen molar-refractivity contribution in [1.29, 1.82) is 0 Å². The molecule has 0 saturated carbocycles. The van der Waals surface area contributed by atoms with Crippen molar-refractivity contribution in [3.8, 4) is 0 Å². The predicted octanol–water partition coefficient (Wildman–Crippen LogP) is 1.47. The Hall–Kier alpha value is 0.673. The van der Waals surface area contributed by atoms with Gasteiger partial charge in [-0.1, -0.05) is 0 Å². The van der Waals surface area contributed by atoms with Gasteiger partial charge in [0.05, 0.1) is 6.61 Å². The molecule has 45 valence electrons. The summed E-state index contributed by atoms with van der Waals surface area (Å²) >= 11 is -0.931. The van der Waals surface area contributed by atoms with Gasteiger partial charge in [-0.15, -0.1) is 0 Å². The molecule has 0 spiro atoms. The zero-order valence-corrected chi connectivity index (χ0v) is 8.97. The number of hydrogen-bond acceptors (Lipinski definition) is 2. The summed E-state index contributed by atoms with van der Waals surface area (Å²) < 4.78 is 4.03. The quantitative estimate of drug-likeness (QED) is 0.644. The van der Waals surface area contributed by atoms with Crippen molar-refractivity contribution < 1.29 is 24.7 Å². The van der Waals surface area contributed by atoms with Gasteiger partial charge < -0.3 is 4.74 Å². The Morgan fingerprint density at radius 2 is 2.12 bits per heavy atom. The van der Waals surface area contributed by atoms with Gasteiger partial charge >= 0.3 is 41.0 Å². The van der Waals surface area contributed by atoms with Crippen LogP contribution >= 0.6 is 19.4 Å². The van der Waals surface area contributed by atoms with Crippen LogP contribution in [0.4, 0.5) is 0 Å². The average Bonchev–Trinajstić information content (AvgIpc) is 1.71. The first-order valence-corrected chi connectivity index (χ1v) is 9.74. The first-order valence-electron chi connectivity index (χ1n) is 1.94. The molecule has 0 aliphatic rings. The van der Waals surface area contributed by atoms with Gasteiger partial charge in [0.25, 0.3) is 0 Å². The van der Waals surface area contributed by atoms with E-state index >= 15 is 0 Å². The van der Waals surface area contributed by atoms with Crippen LogP contribution in [-0.2, 0) is 24.7 Å². The van der Waals surface area contributed by atoms with Gasteiger partial charge in [-0.3, -0.25) is 0 Å². The third-order valence-corrected chi connectivity index (χ3v) is 0.203. The molecule has 8 heavy (non-hydrogen) atoms. The van der Waals surface area contributed by atoms with Crippen LogP contribution in [0, 0.1) is 0 Å². The monoisotopic (exact) mass is 207 g/mol. The Morgan fingerprint density at radius 1 is 1.75 bits per heavy atom. The van der Waals surface area contributed by atoms with E-state index in [-0.39, 0.29) is 0 Å². The Labute approximate surface area is 64.2 Å². The second-order valence-corrected chi connectivity index (χ2v) is 5.24. The SMILES string of the molecule is CCO[C]=O.[Cl][Zn][Cl]. The second-order valence-electron chi connectivity index (χ2n) is 0.617. The van der Waals surface area contributed by atoms with Gasteiger partial charge in [0.2, 0.25) is 0 Å². The second kappa shape index (κ2) is 15.6. The molecule has 0 heterocycles. The van der Waals surface area contributed by atoms with Crippen LogP contribution in [0.15, 0.2) is 0 Å². The van der Waals surface area contributed by atoms with E-state index in [0.717, 1.165) is 0 Å². The number of hydrogen-bond donors (Lipinski definition) is 0. The fraction of sp³-hybridized carbons (Fsp3) is 0.667. The summed E-state index contributed by atoms with van der Waals surface area (Å²) in [5.41, 5.74) is 0. The predicted molar refractivity (Wildman–Crippen MR) is 29.0 cm³/mol. The van der Waals surface area contributed by atoms with Gasteiger partial charge in [-0.2, -0.15) is 0 Å². The van der Waals surface area contributed by atoms with E-state index in [0.29, 0.717) is 6.61 Å². The van der Waals surface area contributed by atoms with Crippen molar-refractivity contribution >= 4 is 25.9 Å². The van der Waals surface area contributed by atoms with Crippen LogP contribution in [-0.4, -0.2) is 13.1 Å². The molecule has 0 unspecified atom stereocenters. The number of ether oxygens (including phenoxy) is 1. The van der Waals surface area contributed by atoms with Crippen molar-refractivity contribution in [2.75, 3.05) is 6.61 Å². The van der Waals surface area contributed by atoms with E-state index in [2.05, 4.69) is 4.74 Å². The molecule has 0 fully saturated rings. The van der Waals surface area contributed by atoms with E-state index < -0.39 is 15.1 Å². The molecule has 0 atom stereocenters. The molecule has 1 radical (unpaired) electrons. The van der Waals surface area contributed by atoms with Crippen molar-refractivity contribution in [2.24, 2.45) is 0 Å². The summed E-state index contributed by atoms with van der Waals surface area (Å²) in [6, 6.07) is 0. The number of rotatable bonds is 2. The summed E-state index contributed by atoms with van der Waals surface area (Å²) in [5.74, 6) is 0. The molecule has 0 amide bonds. The van der Waals surface area contributed by atoms with Crippen LogP contribution in [0.2, 0.25) is 0 Å². The molecule has 0 aromatic rings. The maximum absolute atomic E-state index is 9.06. The summed E-state index contributed by atoms with van der Waals surface area (Å²) in [4.78, 5) is 9.06. The van der Waals surface area contributed by atoms with Gasteiger partial charge in [0, 0.05) is 0 Å². The summed E-state index contributed by atoms with van der Waals surface area (Å²) in [7, 11) is 9.90. The summed E-state index contributed by atoms with van der Waals surface area (Å²) in [5, 5.41) is 0. The number of halogens is 2. The molecule has 0 aromatic carbocycles. The van der Waals surface area contributed by atoms with Crippen LogP contribution < -0.4 is 0 Å². The molecule has 0 rings (SSSR count). The van der Waals surface area contributed by atoms with Crippen molar-refractivity contribution in [1.82, 2.24) is 0 Å². The third kappa shape index (κ3) is 30.1. The molecule has 0 aliphatic carbocycles. The molecule has 2 nitrogen and oxygen atoms in total.